The summed E-state index contributed by atoms with van der Waals surface area (Å²) in [6.07, 6.45) is 2.54. The van der Waals surface area contributed by atoms with E-state index in [4.69, 9.17) is 4.74 Å². The number of piperidine rings is 1. The van der Waals surface area contributed by atoms with Gasteiger partial charge in [-0.05, 0) is 49.5 Å². The fourth-order valence-corrected chi connectivity index (χ4v) is 2.68. The summed E-state index contributed by atoms with van der Waals surface area (Å²) in [6, 6.07) is 7.60. The van der Waals surface area contributed by atoms with E-state index >= 15 is 0 Å². The van der Waals surface area contributed by atoms with Crippen molar-refractivity contribution in [3.8, 4) is 0 Å². The zero-order valence-corrected chi connectivity index (χ0v) is 13.1. The number of hydrogen-bond donors (Lipinski definition) is 1. The number of rotatable bonds is 6. The lowest BCUT2D eigenvalue weighted by atomic mass is 9.99. The number of carbonyl (C=O) groups is 1. The first-order valence-electron chi connectivity index (χ1n) is 7.77. The SMILES string of the molecule is COCc1cccc(C(=O)NCCN2CCC(C)CC2)c1. The molecule has 1 saturated heterocycles. The maximum Gasteiger partial charge on any atom is 0.251 e. The van der Waals surface area contributed by atoms with Crippen molar-refractivity contribution in [2.45, 2.75) is 26.4 Å². The van der Waals surface area contributed by atoms with E-state index in [1.54, 1.807) is 7.11 Å². The molecule has 1 amide bonds. The molecule has 0 unspecified atom stereocenters. The van der Waals surface area contributed by atoms with Gasteiger partial charge in [0, 0.05) is 25.8 Å². The molecule has 1 aromatic carbocycles. The number of methoxy groups -OCH3 is 1. The summed E-state index contributed by atoms with van der Waals surface area (Å²) in [6.45, 7) is 6.80. The van der Waals surface area contributed by atoms with Gasteiger partial charge in [0.1, 0.15) is 0 Å². The lowest BCUT2D eigenvalue weighted by molar-refractivity contribution is 0.0944. The van der Waals surface area contributed by atoms with E-state index in [2.05, 4.69) is 17.1 Å². The molecule has 116 valence electrons. The first-order chi connectivity index (χ1) is 10.2. The second-order valence-corrected chi connectivity index (χ2v) is 5.91. The average Bonchev–Trinajstić information content (AvgIpc) is 2.50. The molecule has 4 heteroatoms. The van der Waals surface area contributed by atoms with Gasteiger partial charge in [0.25, 0.3) is 5.91 Å². The lowest BCUT2D eigenvalue weighted by Gasteiger charge is -2.30. The Hall–Kier alpha value is -1.39. The summed E-state index contributed by atoms with van der Waals surface area (Å²) in [5.74, 6) is 0.845. The smallest absolute Gasteiger partial charge is 0.251 e. The standard InChI is InChI=1S/C17H26N2O2/c1-14-6-9-19(10-7-14)11-8-18-17(20)16-5-3-4-15(12-16)13-21-2/h3-5,12,14H,6-11,13H2,1-2H3,(H,18,20). The van der Waals surface area contributed by atoms with Gasteiger partial charge in [-0.15, -0.1) is 0 Å². The summed E-state index contributed by atoms with van der Waals surface area (Å²) < 4.78 is 5.09. The summed E-state index contributed by atoms with van der Waals surface area (Å²) >= 11 is 0. The van der Waals surface area contributed by atoms with Crippen LogP contribution in [-0.2, 0) is 11.3 Å². The fraction of sp³-hybridized carbons (Fsp3) is 0.588. The number of amides is 1. The Morgan fingerprint density at radius 2 is 2.14 bits per heavy atom. The number of nitrogens with zero attached hydrogens (tertiary/aromatic N) is 1. The number of ether oxygens (including phenoxy) is 1. The number of hydrogen-bond acceptors (Lipinski definition) is 3. The van der Waals surface area contributed by atoms with E-state index in [-0.39, 0.29) is 5.91 Å². The lowest BCUT2D eigenvalue weighted by Crippen LogP contribution is -2.39. The first-order valence-corrected chi connectivity index (χ1v) is 7.77. The van der Waals surface area contributed by atoms with E-state index in [0.717, 1.165) is 31.1 Å². The highest BCUT2D eigenvalue weighted by atomic mass is 16.5. The second kappa shape index (κ2) is 8.15. The van der Waals surface area contributed by atoms with Crippen LogP contribution in [-0.4, -0.2) is 44.1 Å². The monoisotopic (exact) mass is 290 g/mol. The van der Waals surface area contributed by atoms with Gasteiger partial charge < -0.3 is 15.0 Å². The number of carbonyl (C=O) groups excluding carboxylic acids is 1. The number of benzene rings is 1. The third-order valence-corrected chi connectivity index (χ3v) is 4.09. The van der Waals surface area contributed by atoms with Gasteiger partial charge in [0.2, 0.25) is 0 Å². The summed E-state index contributed by atoms with van der Waals surface area (Å²) in [4.78, 5) is 14.6. The topological polar surface area (TPSA) is 41.6 Å². The molecule has 4 nitrogen and oxygen atoms in total. The molecule has 1 aromatic rings. The quantitative estimate of drug-likeness (QED) is 0.874. The molecule has 2 rings (SSSR count). The minimum atomic E-state index is -0.00155. The summed E-state index contributed by atoms with van der Waals surface area (Å²) in [7, 11) is 1.66. The minimum absolute atomic E-state index is 0.00155. The van der Waals surface area contributed by atoms with Crippen molar-refractivity contribution in [2.75, 3.05) is 33.3 Å². The van der Waals surface area contributed by atoms with Gasteiger partial charge in [-0.1, -0.05) is 19.1 Å². The van der Waals surface area contributed by atoms with Gasteiger partial charge in [-0.3, -0.25) is 4.79 Å². The normalized spacial score (nSPS) is 16.9. The van der Waals surface area contributed by atoms with E-state index in [9.17, 15) is 4.79 Å². The molecule has 0 atom stereocenters. The van der Waals surface area contributed by atoms with Gasteiger partial charge in [0.15, 0.2) is 0 Å². The van der Waals surface area contributed by atoms with Crippen LogP contribution >= 0.6 is 0 Å². The fourth-order valence-electron chi connectivity index (χ4n) is 2.68. The van der Waals surface area contributed by atoms with Crippen LogP contribution in [0, 0.1) is 5.92 Å². The molecular formula is C17H26N2O2. The molecule has 1 aliphatic rings. The Balaban J connectivity index is 1.75. The van der Waals surface area contributed by atoms with Crippen LogP contribution < -0.4 is 5.32 Å². The number of likely N-dealkylation sites (tertiary alicyclic amines) is 1. The first kappa shape index (κ1) is 16.0. The Morgan fingerprint density at radius 1 is 1.38 bits per heavy atom. The molecule has 0 spiro atoms. The van der Waals surface area contributed by atoms with Crippen LogP contribution in [0.15, 0.2) is 24.3 Å². The molecular weight excluding hydrogens is 264 g/mol. The predicted octanol–water partition coefficient (Wildman–Crippen LogP) is 2.29. The molecule has 1 aliphatic heterocycles. The largest absolute Gasteiger partial charge is 0.380 e. The molecule has 0 aliphatic carbocycles. The second-order valence-electron chi connectivity index (χ2n) is 5.91. The van der Waals surface area contributed by atoms with E-state index in [1.165, 1.54) is 12.8 Å². The molecule has 0 radical (unpaired) electrons. The summed E-state index contributed by atoms with van der Waals surface area (Å²) in [5.41, 5.74) is 1.73. The van der Waals surface area contributed by atoms with Crippen LogP contribution in [0.4, 0.5) is 0 Å². The maximum atomic E-state index is 12.1. The third kappa shape index (κ3) is 5.14. The third-order valence-electron chi connectivity index (χ3n) is 4.09. The highest BCUT2D eigenvalue weighted by Gasteiger charge is 2.15. The van der Waals surface area contributed by atoms with Crippen molar-refractivity contribution >= 4 is 5.91 Å². The van der Waals surface area contributed by atoms with Crippen molar-refractivity contribution in [3.05, 3.63) is 35.4 Å². The molecule has 21 heavy (non-hydrogen) atoms. The predicted molar refractivity (Wildman–Crippen MR) is 84.3 cm³/mol. The van der Waals surface area contributed by atoms with Gasteiger partial charge in [-0.2, -0.15) is 0 Å². The Kier molecular flexibility index (Phi) is 6.21. The zero-order valence-electron chi connectivity index (χ0n) is 13.1. The van der Waals surface area contributed by atoms with Crippen LogP contribution in [0.25, 0.3) is 0 Å². The molecule has 1 N–H and O–H groups in total. The molecule has 0 bridgehead atoms. The van der Waals surface area contributed by atoms with Crippen LogP contribution in [0.3, 0.4) is 0 Å². The van der Waals surface area contributed by atoms with E-state index in [1.807, 2.05) is 24.3 Å². The Bertz CT molecular complexity index is 454. The average molecular weight is 290 g/mol. The van der Waals surface area contributed by atoms with Crippen molar-refractivity contribution in [1.82, 2.24) is 10.2 Å². The minimum Gasteiger partial charge on any atom is -0.380 e. The van der Waals surface area contributed by atoms with Crippen molar-refractivity contribution in [1.29, 1.82) is 0 Å². The van der Waals surface area contributed by atoms with Crippen LogP contribution in [0.2, 0.25) is 0 Å². The van der Waals surface area contributed by atoms with Crippen molar-refractivity contribution in [2.24, 2.45) is 5.92 Å². The Morgan fingerprint density at radius 3 is 2.86 bits per heavy atom. The van der Waals surface area contributed by atoms with E-state index < -0.39 is 0 Å². The molecule has 1 heterocycles. The van der Waals surface area contributed by atoms with Crippen molar-refractivity contribution in [3.63, 3.8) is 0 Å². The van der Waals surface area contributed by atoms with Crippen LogP contribution in [0.1, 0.15) is 35.7 Å². The maximum absolute atomic E-state index is 12.1. The Labute approximate surface area is 127 Å². The highest BCUT2D eigenvalue weighted by Crippen LogP contribution is 2.15. The van der Waals surface area contributed by atoms with Gasteiger partial charge >= 0.3 is 0 Å². The van der Waals surface area contributed by atoms with Gasteiger partial charge in [0.05, 0.1) is 6.61 Å². The summed E-state index contributed by atoms with van der Waals surface area (Å²) in [5, 5.41) is 3.01. The van der Waals surface area contributed by atoms with Gasteiger partial charge in [-0.25, -0.2) is 0 Å². The molecule has 0 saturated carbocycles. The van der Waals surface area contributed by atoms with Crippen molar-refractivity contribution < 1.29 is 9.53 Å². The van der Waals surface area contributed by atoms with E-state index in [0.29, 0.717) is 18.7 Å². The van der Waals surface area contributed by atoms with Crippen LogP contribution in [0.5, 0.6) is 0 Å². The highest BCUT2D eigenvalue weighted by molar-refractivity contribution is 5.94. The molecule has 1 fully saturated rings. The zero-order chi connectivity index (χ0) is 15.1. The number of nitrogens with one attached hydrogen (secondary N) is 1. The molecule has 0 aromatic heterocycles.